The third-order valence-corrected chi connectivity index (χ3v) is 1.72. The monoisotopic (exact) mass is 183 g/mol. The largest absolute Gasteiger partial charge is 0.424 e. The van der Waals surface area contributed by atoms with Crippen LogP contribution >= 0.6 is 12.2 Å². The van der Waals surface area contributed by atoms with E-state index in [-0.39, 0.29) is 6.54 Å². The lowest BCUT2D eigenvalue weighted by molar-refractivity contribution is -0.137. The minimum absolute atomic E-state index is 0.121. The van der Waals surface area contributed by atoms with Gasteiger partial charge in [-0.2, -0.15) is 0 Å². The first kappa shape index (κ1) is 9.09. The summed E-state index contributed by atoms with van der Waals surface area (Å²) in [4.78, 5) is 11.4. The predicted octanol–water partition coefficient (Wildman–Crippen LogP) is 0.702. The number of ether oxygens (including phenoxy) is 1. The maximum absolute atomic E-state index is 10.8. The Kier molecular flexibility index (Phi) is 3.13. The van der Waals surface area contributed by atoms with Gasteiger partial charge in [0.2, 0.25) is 0 Å². The summed E-state index contributed by atoms with van der Waals surface area (Å²) in [6.45, 7) is -0.121. The van der Waals surface area contributed by atoms with E-state index in [0.29, 0.717) is 17.0 Å². The number of rotatable bonds is 2. The molecule has 64 valence electrons. The summed E-state index contributed by atoms with van der Waals surface area (Å²) in [5.41, 5.74) is 5.07. The number of hydrogen-bond donors (Lipinski definition) is 1. The lowest BCUT2D eigenvalue weighted by Gasteiger charge is -2.09. The fourth-order valence-corrected chi connectivity index (χ4v) is 0.985. The van der Waals surface area contributed by atoms with Crippen LogP contribution in [-0.4, -0.2) is 17.4 Å². The van der Waals surface area contributed by atoms with Gasteiger partial charge in [0.05, 0.1) is 11.4 Å². The van der Waals surface area contributed by atoms with Crippen LogP contribution in [0.1, 0.15) is 6.42 Å². The second kappa shape index (κ2) is 4.13. The van der Waals surface area contributed by atoms with Gasteiger partial charge in [0.15, 0.2) is 0 Å². The third kappa shape index (κ3) is 2.25. The van der Waals surface area contributed by atoms with Crippen LogP contribution in [0.2, 0.25) is 0 Å². The molecule has 1 aliphatic rings. The van der Waals surface area contributed by atoms with E-state index in [9.17, 15) is 4.79 Å². The Morgan fingerprint density at radius 3 is 3.08 bits per heavy atom. The van der Waals surface area contributed by atoms with E-state index in [1.54, 1.807) is 12.2 Å². The molecule has 0 atom stereocenters. The van der Waals surface area contributed by atoms with Crippen LogP contribution in [0.4, 0.5) is 0 Å². The van der Waals surface area contributed by atoms with Crippen LogP contribution in [0.3, 0.4) is 0 Å². The quantitative estimate of drug-likeness (QED) is 0.506. The summed E-state index contributed by atoms with van der Waals surface area (Å²) in [5.74, 6) is -0.0122. The molecule has 12 heavy (non-hydrogen) atoms. The number of allylic oxidation sites excluding steroid dienone is 4. The zero-order valence-corrected chi connectivity index (χ0v) is 7.26. The summed E-state index contributed by atoms with van der Waals surface area (Å²) in [6, 6.07) is 0. The van der Waals surface area contributed by atoms with Gasteiger partial charge in [-0.05, 0) is 6.08 Å². The molecule has 3 nitrogen and oxygen atoms in total. The predicted molar refractivity (Wildman–Crippen MR) is 49.6 cm³/mol. The van der Waals surface area contributed by atoms with Crippen LogP contribution in [0, 0.1) is 0 Å². The summed E-state index contributed by atoms with van der Waals surface area (Å²) in [7, 11) is 0. The standard InChI is InChI=1S/C8H9NO2S/c9-5-8(10)11-6-3-1-2-4-7(6)12/h1-3H,4-5,9H2. The van der Waals surface area contributed by atoms with E-state index in [4.69, 9.17) is 22.7 Å². The molecular formula is C8H9NO2S. The molecule has 0 aromatic carbocycles. The van der Waals surface area contributed by atoms with Gasteiger partial charge in [0.25, 0.3) is 0 Å². The molecular weight excluding hydrogens is 174 g/mol. The zero-order valence-electron chi connectivity index (χ0n) is 6.45. The van der Waals surface area contributed by atoms with Crippen LogP contribution < -0.4 is 5.73 Å². The maximum Gasteiger partial charge on any atom is 0.325 e. The molecule has 0 unspecified atom stereocenters. The first-order chi connectivity index (χ1) is 5.74. The summed E-state index contributed by atoms with van der Waals surface area (Å²) in [6.07, 6.45) is 6.02. The van der Waals surface area contributed by atoms with Crippen molar-refractivity contribution < 1.29 is 9.53 Å². The first-order valence-electron chi connectivity index (χ1n) is 3.55. The van der Waals surface area contributed by atoms with Crippen LogP contribution in [0.15, 0.2) is 24.0 Å². The lowest BCUT2D eigenvalue weighted by atomic mass is 10.1. The highest BCUT2D eigenvalue weighted by atomic mass is 32.1. The minimum Gasteiger partial charge on any atom is -0.424 e. The highest BCUT2D eigenvalue weighted by Crippen LogP contribution is 2.10. The molecule has 0 aromatic rings. The topological polar surface area (TPSA) is 52.3 Å². The summed E-state index contributed by atoms with van der Waals surface area (Å²) >= 11 is 4.96. The number of thiocarbonyl (C=S) groups is 1. The Labute approximate surface area is 75.9 Å². The molecule has 1 aliphatic carbocycles. The Morgan fingerprint density at radius 1 is 1.75 bits per heavy atom. The Hall–Kier alpha value is -1.00. The molecule has 0 saturated carbocycles. The van der Waals surface area contributed by atoms with Gasteiger partial charge in [-0.1, -0.05) is 24.4 Å². The molecule has 1 rings (SSSR count). The fraction of sp³-hybridized carbons (Fsp3) is 0.250. The van der Waals surface area contributed by atoms with Crippen molar-refractivity contribution in [3.8, 4) is 0 Å². The first-order valence-corrected chi connectivity index (χ1v) is 3.95. The Morgan fingerprint density at radius 2 is 2.50 bits per heavy atom. The molecule has 0 radical (unpaired) electrons. The summed E-state index contributed by atoms with van der Waals surface area (Å²) in [5, 5.41) is 0. The molecule has 0 bridgehead atoms. The second-order valence-electron chi connectivity index (χ2n) is 2.26. The molecule has 4 heteroatoms. The molecule has 0 aliphatic heterocycles. The smallest absolute Gasteiger partial charge is 0.325 e. The van der Waals surface area contributed by atoms with E-state index in [1.165, 1.54) is 0 Å². The molecule has 2 N–H and O–H groups in total. The van der Waals surface area contributed by atoms with Crippen LogP contribution in [-0.2, 0) is 9.53 Å². The van der Waals surface area contributed by atoms with Gasteiger partial charge in [-0.15, -0.1) is 0 Å². The van der Waals surface area contributed by atoms with Gasteiger partial charge in [-0.25, -0.2) is 0 Å². The number of carbonyl (C=O) groups is 1. The van der Waals surface area contributed by atoms with E-state index in [1.807, 2.05) is 6.08 Å². The zero-order chi connectivity index (χ0) is 8.97. The number of nitrogens with two attached hydrogens (primary N) is 1. The molecule has 0 saturated heterocycles. The lowest BCUT2D eigenvalue weighted by Crippen LogP contribution is -2.19. The Balaban J connectivity index is 2.61. The van der Waals surface area contributed by atoms with Gasteiger partial charge in [0.1, 0.15) is 5.76 Å². The average Bonchev–Trinajstić information content (AvgIpc) is 2.09. The average molecular weight is 183 g/mol. The highest BCUT2D eigenvalue weighted by Gasteiger charge is 2.10. The number of carbonyl (C=O) groups excluding carboxylic acids is 1. The van der Waals surface area contributed by atoms with Gasteiger partial charge >= 0.3 is 5.97 Å². The molecule has 0 aromatic heterocycles. The van der Waals surface area contributed by atoms with Crippen LogP contribution in [0.25, 0.3) is 0 Å². The maximum atomic E-state index is 10.8. The van der Waals surface area contributed by atoms with Gasteiger partial charge < -0.3 is 10.5 Å². The minimum atomic E-state index is -0.459. The molecule has 0 heterocycles. The number of esters is 1. The number of hydrogen-bond acceptors (Lipinski definition) is 4. The van der Waals surface area contributed by atoms with Crippen molar-refractivity contribution >= 4 is 23.1 Å². The van der Waals surface area contributed by atoms with Crippen molar-refractivity contribution in [2.45, 2.75) is 6.42 Å². The molecule has 0 spiro atoms. The second-order valence-corrected chi connectivity index (χ2v) is 2.76. The van der Waals surface area contributed by atoms with Crippen molar-refractivity contribution in [3.63, 3.8) is 0 Å². The van der Waals surface area contributed by atoms with Crippen molar-refractivity contribution in [2.24, 2.45) is 5.73 Å². The van der Waals surface area contributed by atoms with E-state index < -0.39 is 5.97 Å². The SMILES string of the molecule is NCC(=O)OC1=CC=CCC1=S. The van der Waals surface area contributed by atoms with Crippen molar-refractivity contribution in [3.05, 3.63) is 24.0 Å². The summed E-state index contributed by atoms with van der Waals surface area (Å²) < 4.78 is 4.86. The molecule has 0 amide bonds. The van der Waals surface area contributed by atoms with E-state index in [2.05, 4.69) is 0 Å². The highest BCUT2D eigenvalue weighted by molar-refractivity contribution is 7.80. The normalized spacial score (nSPS) is 15.8. The Bertz CT molecular complexity index is 268. The van der Waals surface area contributed by atoms with Crippen molar-refractivity contribution in [2.75, 3.05) is 6.54 Å². The van der Waals surface area contributed by atoms with Gasteiger partial charge in [-0.3, -0.25) is 4.79 Å². The van der Waals surface area contributed by atoms with E-state index in [0.717, 1.165) is 0 Å². The van der Waals surface area contributed by atoms with E-state index >= 15 is 0 Å². The fourth-order valence-electron chi connectivity index (χ4n) is 0.779. The van der Waals surface area contributed by atoms with Gasteiger partial charge in [0, 0.05) is 6.42 Å². The van der Waals surface area contributed by atoms with Crippen LogP contribution in [0.5, 0.6) is 0 Å². The van der Waals surface area contributed by atoms with Crippen molar-refractivity contribution in [1.82, 2.24) is 0 Å². The third-order valence-electron chi connectivity index (χ3n) is 1.35. The molecule has 0 fully saturated rings. The van der Waals surface area contributed by atoms with Crippen molar-refractivity contribution in [1.29, 1.82) is 0 Å².